The molecule has 0 aliphatic carbocycles. The third-order valence-corrected chi connectivity index (χ3v) is 2.95. The van der Waals surface area contributed by atoms with Gasteiger partial charge in [-0.1, -0.05) is 6.04 Å². The monoisotopic (exact) mass is 308 g/mol. The molecule has 4 heteroatoms. The second-order valence-corrected chi connectivity index (χ2v) is 5.09. The molecule has 0 amide bonds. The first-order valence-corrected chi connectivity index (χ1v) is 6.84. The van der Waals surface area contributed by atoms with Crippen LogP contribution in [0.5, 0.6) is 11.5 Å². The second kappa shape index (κ2) is 5.49. The van der Waals surface area contributed by atoms with Crippen LogP contribution >= 0.6 is 22.6 Å². The SMILES string of the molecule is Oc1cc(I)cc(OCCC[SiH3])c1. The summed E-state index contributed by atoms with van der Waals surface area (Å²) in [6.45, 7) is 0.753. The molecule has 0 bridgehead atoms. The van der Waals surface area contributed by atoms with Gasteiger partial charge in [-0.05, 0) is 41.1 Å². The van der Waals surface area contributed by atoms with Crippen molar-refractivity contribution in [3.05, 3.63) is 21.8 Å². The van der Waals surface area contributed by atoms with E-state index in [4.69, 9.17) is 4.74 Å². The first kappa shape index (κ1) is 10.8. The van der Waals surface area contributed by atoms with E-state index in [-0.39, 0.29) is 5.75 Å². The van der Waals surface area contributed by atoms with E-state index in [9.17, 15) is 5.11 Å². The molecule has 1 aromatic rings. The maximum atomic E-state index is 9.27. The van der Waals surface area contributed by atoms with E-state index in [1.807, 2.05) is 6.07 Å². The van der Waals surface area contributed by atoms with E-state index in [1.165, 1.54) is 16.3 Å². The van der Waals surface area contributed by atoms with Crippen molar-refractivity contribution in [3.63, 3.8) is 0 Å². The highest BCUT2D eigenvalue weighted by Gasteiger charge is 1.98. The van der Waals surface area contributed by atoms with Gasteiger partial charge in [-0.2, -0.15) is 0 Å². The molecule has 0 radical (unpaired) electrons. The van der Waals surface area contributed by atoms with Crippen molar-refractivity contribution in [1.82, 2.24) is 0 Å². The lowest BCUT2D eigenvalue weighted by Crippen LogP contribution is -1.96. The Morgan fingerprint density at radius 2 is 2.15 bits per heavy atom. The molecule has 1 aromatic carbocycles. The summed E-state index contributed by atoms with van der Waals surface area (Å²) < 4.78 is 6.46. The molecular weight excluding hydrogens is 295 g/mol. The first-order chi connectivity index (χ1) is 6.22. The van der Waals surface area contributed by atoms with E-state index in [0.29, 0.717) is 0 Å². The Bertz CT molecular complexity index is 258. The topological polar surface area (TPSA) is 29.5 Å². The normalized spacial score (nSPS) is 10.2. The third-order valence-electron chi connectivity index (χ3n) is 1.62. The predicted molar refractivity (Wildman–Crippen MR) is 65.7 cm³/mol. The summed E-state index contributed by atoms with van der Waals surface area (Å²) in [4.78, 5) is 0. The van der Waals surface area contributed by atoms with E-state index in [2.05, 4.69) is 22.6 Å². The molecule has 0 heterocycles. The van der Waals surface area contributed by atoms with Crippen LogP contribution in [0.3, 0.4) is 0 Å². The van der Waals surface area contributed by atoms with Gasteiger partial charge >= 0.3 is 0 Å². The van der Waals surface area contributed by atoms with E-state index < -0.39 is 0 Å². The number of halogens is 1. The molecule has 0 atom stereocenters. The zero-order chi connectivity index (χ0) is 9.68. The smallest absolute Gasteiger partial charge is 0.124 e. The molecule has 0 saturated carbocycles. The van der Waals surface area contributed by atoms with Gasteiger partial charge < -0.3 is 9.84 Å². The number of phenolic OH excluding ortho intramolecular Hbond substituents is 1. The van der Waals surface area contributed by atoms with Crippen LogP contribution in [0.4, 0.5) is 0 Å². The van der Waals surface area contributed by atoms with Crippen LogP contribution < -0.4 is 4.74 Å². The molecule has 72 valence electrons. The summed E-state index contributed by atoms with van der Waals surface area (Å²) in [7, 11) is 1.23. The highest BCUT2D eigenvalue weighted by molar-refractivity contribution is 14.1. The number of hydrogen-bond acceptors (Lipinski definition) is 2. The molecule has 13 heavy (non-hydrogen) atoms. The lowest BCUT2D eigenvalue weighted by molar-refractivity contribution is 0.315. The predicted octanol–water partition coefficient (Wildman–Crippen LogP) is 1.55. The Morgan fingerprint density at radius 3 is 2.77 bits per heavy atom. The molecular formula is C9H13IO2Si. The van der Waals surface area contributed by atoms with Gasteiger partial charge in [0.05, 0.1) is 6.61 Å². The van der Waals surface area contributed by atoms with E-state index >= 15 is 0 Å². The largest absolute Gasteiger partial charge is 0.508 e. The average Bonchev–Trinajstić information content (AvgIpc) is 2.03. The summed E-state index contributed by atoms with van der Waals surface area (Å²) in [5.41, 5.74) is 0. The van der Waals surface area contributed by atoms with Crippen LogP contribution in [0, 0.1) is 3.57 Å². The first-order valence-electron chi connectivity index (χ1n) is 4.34. The maximum absolute atomic E-state index is 9.27. The summed E-state index contributed by atoms with van der Waals surface area (Å²) in [5.74, 6) is 1.03. The molecule has 0 aliphatic rings. The molecule has 1 N–H and O–H groups in total. The summed E-state index contributed by atoms with van der Waals surface area (Å²) in [5, 5.41) is 9.27. The van der Waals surface area contributed by atoms with Crippen molar-refractivity contribution in [2.45, 2.75) is 12.5 Å². The fraction of sp³-hybridized carbons (Fsp3) is 0.333. The van der Waals surface area contributed by atoms with Crippen molar-refractivity contribution < 1.29 is 9.84 Å². The Hall–Kier alpha value is -0.233. The van der Waals surface area contributed by atoms with Gasteiger partial charge in [-0.25, -0.2) is 0 Å². The van der Waals surface area contributed by atoms with Gasteiger partial charge in [0.2, 0.25) is 0 Å². The van der Waals surface area contributed by atoms with Crippen molar-refractivity contribution in [1.29, 1.82) is 0 Å². The Kier molecular flexibility index (Phi) is 4.58. The van der Waals surface area contributed by atoms with Gasteiger partial charge in [-0.3, -0.25) is 0 Å². The molecule has 1 rings (SSSR count). The van der Waals surface area contributed by atoms with Crippen LogP contribution in [0.1, 0.15) is 6.42 Å². The fourth-order valence-electron chi connectivity index (χ4n) is 0.966. The highest BCUT2D eigenvalue weighted by atomic mass is 127. The van der Waals surface area contributed by atoms with Gasteiger partial charge in [0.25, 0.3) is 0 Å². The molecule has 0 aromatic heterocycles. The van der Waals surface area contributed by atoms with E-state index in [1.54, 1.807) is 12.1 Å². The standard InChI is InChI=1S/C9H13IO2Si/c10-7-4-8(11)6-9(5-7)12-2-1-3-13/h4-6,11H,1-3H2,13H3. The molecule has 0 spiro atoms. The Labute approximate surface area is 94.9 Å². The summed E-state index contributed by atoms with van der Waals surface area (Å²) in [6, 6.07) is 6.54. The van der Waals surface area contributed by atoms with Gasteiger partial charge in [0.1, 0.15) is 11.5 Å². The fourth-order valence-corrected chi connectivity index (χ4v) is 1.88. The lowest BCUT2D eigenvalue weighted by Gasteiger charge is -2.05. The number of benzene rings is 1. The minimum absolute atomic E-state index is 0.271. The molecule has 0 saturated heterocycles. The van der Waals surface area contributed by atoms with Gasteiger partial charge in [0, 0.05) is 19.9 Å². The maximum Gasteiger partial charge on any atom is 0.124 e. The number of ether oxygens (including phenoxy) is 1. The van der Waals surface area contributed by atoms with Crippen LogP contribution in [0.2, 0.25) is 6.04 Å². The van der Waals surface area contributed by atoms with Crippen molar-refractivity contribution in [2.75, 3.05) is 6.61 Å². The average molecular weight is 308 g/mol. The molecule has 0 aliphatic heterocycles. The van der Waals surface area contributed by atoms with Gasteiger partial charge in [0.15, 0.2) is 0 Å². The van der Waals surface area contributed by atoms with Crippen LogP contribution in [-0.2, 0) is 0 Å². The lowest BCUT2D eigenvalue weighted by atomic mass is 10.3. The van der Waals surface area contributed by atoms with Gasteiger partial charge in [-0.15, -0.1) is 0 Å². The van der Waals surface area contributed by atoms with Crippen LogP contribution in [0.25, 0.3) is 0 Å². The molecule has 2 nitrogen and oxygen atoms in total. The Morgan fingerprint density at radius 1 is 1.38 bits per heavy atom. The van der Waals surface area contributed by atoms with Crippen LogP contribution in [0.15, 0.2) is 18.2 Å². The number of aromatic hydroxyl groups is 1. The third kappa shape index (κ3) is 3.99. The quantitative estimate of drug-likeness (QED) is 0.519. The Balaban J connectivity index is 2.56. The zero-order valence-corrected chi connectivity index (χ0v) is 11.7. The minimum Gasteiger partial charge on any atom is -0.508 e. The van der Waals surface area contributed by atoms with Crippen molar-refractivity contribution in [3.8, 4) is 11.5 Å². The van der Waals surface area contributed by atoms with Crippen LogP contribution in [-0.4, -0.2) is 22.0 Å². The second-order valence-electron chi connectivity index (χ2n) is 2.85. The number of rotatable bonds is 4. The minimum atomic E-state index is 0.271. The van der Waals surface area contributed by atoms with Crippen molar-refractivity contribution in [2.24, 2.45) is 0 Å². The number of phenols is 1. The van der Waals surface area contributed by atoms with Crippen molar-refractivity contribution >= 4 is 32.8 Å². The number of hydrogen-bond donors (Lipinski definition) is 1. The zero-order valence-electron chi connectivity index (χ0n) is 7.59. The molecule has 0 fully saturated rings. The summed E-state index contributed by atoms with van der Waals surface area (Å²) in [6.07, 6.45) is 1.11. The highest BCUT2D eigenvalue weighted by Crippen LogP contribution is 2.22. The summed E-state index contributed by atoms with van der Waals surface area (Å²) >= 11 is 2.16. The van der Waals surface area contributed by atoms with E-state index in [0.717, 1.165) is 22.3 Å². The molecule has 0 unspecified atom stereocenters.